The third kappa shape index (κ3) is 6.83. The molecule has 0 bridgehead atoms. The maximum absolute atomic E-state index is 12.8. The molecule has 0 spiro atoms. The predicted molar refractivity (Wildman–Crippen MR) is 106 cm³/mol. The van der Waals surface area contributed by atoms with Crippen LogP contribution in [0.1, 0.15) is 17.5 Å². The molecular weight excluding hydrogens is 381 g/mol. The van der Waals surface area contributed by atoms with Gasteiger partial charge in [0.1, 0.15) is 14.4 Å². The van der Waals surface area contributed by atoms with Crippen LogP contribution >= 0.6 is 7.80 Å². The Morgan fingerprint density at radius 1 is 1.04 bits per heavy atom. The summed E-state index contributed by atoms with van der Waals surface area (Å²) in [7, 11) is -1.66. The number of amides is 1. The monoisotopic (exact) mass is 405 g/mol. The number of carbonyl (C=O) groups is 2. The molecule has 28 heavy (non-hydrogen) atoms. The van der Waals surface area contributed by atoms with E-state index in [0.717, 1.165) is 11.1 Å². The van der Waals surface area contributed by atoms with E-state index in [0.29, 0.717) is 12.8 Å². The molecule has 0 aromatic heterocycles. The number of hydrogen-bond acceptors (Lipinski definition) is 5. The van der Waals surface area contributed by atoms with Crippen molar-refractivity contribution in [3.63, 3.8) is 0 Å². The van der Waals surface area contributed by atoms with Crippen molar-refractivity contribution in [3.8, 4) is 0 Å². The standard InChI is InChI=1S/C20H24NO6P/c1-26-19(18(22)23)28(25)17(13-12-15-8-4-2-5-9-15)21-20(24)27-14-16-10-6-3-7-11-16/h2-11,17,19,28H,12-14H2,1H3,(H,21,24)(H,22,23). The Labute approximate surface area is 164 Å². The molecule has 0 saturated heterocycles. The number of benzene rings is 2. The van der Waals surface area contributed by atoms with Gasteiger partial charge in [-0.2, -0.15) is 0 Å². The fraction of sp³-hybridized carbons (Fsp3) is 0.300. The number of alkyl carbamates (subject to hydrolysis) is 1. The molecule has 3 atom stereocenters. The molecule has 0 heterocycles. The summed E-state index contributed by atoms with van der Waals surface area (Å²) in [6.45, 7) is 0.0612. The van der Waals surface area contributed by atoms with Crippen molar-refractivity contribution in [3.05, 3.63) is 71.8 Å². The first-order chi connectivity index (χ1) is 13.5. The topological polar surface area (TPSA) is 102 Å². The highest BCUT2D eigenvalue weighted by atomic mass is 31.1. The van der Waals surface area contributed by atoms with Gasteiger partial charge in [0.05, 0.1) is 5.78 Å². The minimum Gasteiger partial charge on any atom is -0.479 e. The summed E-state index contributed by atoms with van der Waals surface area (Å²) in [4.78, 5) is 23.5. The van der Waals surface area contributed by atoms with Crippen LogP contribution in [0.2, 0.25) is 0 Å². The third-order valence-electron chi connectivity index (χ3n) is 4.13. The van der Waals surface area contributed by atoms with Gasteiger partial charge in [-0.05, 0) is 24.0 Å². The number of methoxy groups -OCH3 is 1. The third-order valence-corrected chi connectivity index (χ3v) is 6.25. The summed E-state index contributed by atoms with van der Waals surface area (Å²) in [5.74, 6) is -3.66. The fourth-order valence-corrected chi connectivity index (χ4v) is 4.20. The van der Waals surface area contributed by atoms with E-state index in [4.69, 9.17) is 9.47 Å². The second kappa shape index (κ2) is 11.3. The number of rotatable bonds is 10. The van der Waals surface area contributed by atoms with Crippen molar-refractivity contribution in [2.45, 2.75) is 31.1 Å². The van der Waals surface area contributed by atoms with Crippen LogP contribution < -0.4 is 5.32 Å². The Bertz CT molecular complexity index is 784. The number of ether oxygens (including phenoxy) is 2. The van der Waals surface area contributed by atoms with Crippen LogP contribution in [0.3, 0.4) is 0 Å². The zero-order chi connectivity index (χ0) is 20.4. The summed E-state index contributed by atoms with van der Waals surface area (Å²) in [6, 6.07) is 18.6. The van der Waals surface area contributed by atoms with Crippen LogP contribution in [-0.2, 0) is 31.9 Å². The van der Waals surface area contributed by atoms with Gasteiger partial charge < -0.3 is 24.5 Å². The lowest BCUT2D eigenvalue weighted by Gasteiger charge is -2.21. The molecule has 0 fully saturated rings. The molecule has 0 aliphatic rings. The summed E-state index contributed by atoms with van der Waals surface area (Å²) >= 11 is 0. The van der Waals surface area contributed by atoms with Crippen LogP contribution in [0.25, 0.3) is 0 Å². The zero-order valence-corrected chi connectivity index (χ0v) is 16.5. The predicted octanol–water partition coefficient (Wildman–Crippen LogP) is 3.49. The van der Waals surface area contributed by atoms with E-state index < -0.39 is 31.5 Å². The van der Waals surface area contributed by atoms with E-state index in [1.54, 1.807) is 0 Å². The van der Waals surface area contributed by atoms with Gasteiger partial charge in [-0.3, -0.25) is 0 Å². The summed E-state index contributed by atoms with van der Waals surface area (Å²) in [5, 5.41) is 11.8. The lowest BCUT2D eigenvalue weighted by Crippen LogP contribution is -2.36. The first-order valence-electron chi connectivity index (χ1n) is 8.81. The van der Waals surface area contributed by atoms with Gasteiger partial charge in [-0.25, -0.2) is 9.59 Å². The van der Waals surface area contributed by atoms with Gasteiger partial charge in [-0.1, -0.05) is 60.7 Å². The molecule has 0 aliphatic heterocycles. The average molecular weight is 405 g/mol. The summed E-state index contributed by atoms with van der Waals surface area (Å²) in [5.41, 5.74) is 1.80. The van der Waals surface area contributed by atoms with Crippen LogP contribution in [0.4, 0.5) is 4.79 Å². The van der Waals surface area contributed by atoms with E-state index in [-0.39, 0.29) is 6.61 Å². The molecule has 2 rings (SSSR count). The molecule has 2 aromatic carbocycles. The average Bonchev–Trinajstić information content (AvgIpc) is 2.71. The van der Waals surface area contributed by atoms with Gasteiger partial charge >= 0.3 is 12.1 Å². The van der Waals surface area contributed by atoms with E-state index in [1.807, 2.05) is 60.7 Å². The van der Waals surface area contributed by atoms with Crippen molar-refractivity contribution in [2.75, 3.05) is 7.11 Å². The number of aliphatic carboxylic acids is 1. The molecule has 1 amide bonds. The Morgan fingerprint density at radius 3 is 2.14 bits per heavy atom. The first-order valence-corrected chi connectivity index (χ1v) is 10.4. The van der Waals surface area contributed by atoms with Crippen molar-refractivity contribution < 1.29 is 28.7 Å². The van der Waals surface area contributed by atoms with Crippen LogP contribution in [0.5, 0.6) is 0 Å². The number of hydrogen-bond donors (Lipinski definition) is 2. The molecule has 3 unspecified atom stereocenters. The number of carbonyl (C=O) groups excluding carboxylic acids is 1. The number of carboxylic acid groups (broad SMARTS) is 1. The van der Waals surface area contributed by atoms with E-state index in [2.05, 4.69) is 5.32 Å². The summed E-state index contributed by atoms with van der Waals surface area (Å²) in [6.07, 6.45) is 0.0762. The maximum Gasteiger partial charge on any atom is 0.408 e. The maximum atomic E-state index is 12.8. The van der Waals surface area contributed by atoms with Gasteiger partial charge in [-0.15, -0.1) is 0 Å². The SMILES string of the molecule is COC(C(=O)O)[PH](=O)C(CCc1ccccc1)NC(=O)OCc1ccccc1. The highest BCUT2D eigenvalue weighted by Crippen LogP contribution is 2.36. The Hall–Kier alpha value is -2.63. The van der Waals surface area contributed by atoms with Crippen LogP contribution in [0, 0.1) is 0 Å². The van der Waals surface area contributed by atoms with E-state index in [1.165, 1.54) is 7.11 Å². The van der Waals surface area contributed by atoms with Gasteiger partial charge in [0, 0.05) is 7.11 Å². The Morgan fingerprint density at radius 2 is 1.61 bits per heavy atom. The fourth-order valence-electron chi connectivity index (χ4n) is 2.67. The van der Waals surface area contributed by atoms with Crippen LogP contribution in [0.15, 0.2) is 60.7 Å². The first kappa shape index (κ1) is 21.7. The molecule has 2 N–H and O–H groups in total. The zero-order valence-electron chi connectivity index (χ0n) is 15.5. The normalized spacial score (nSPS) is 13.9. The van der Waals surface area contributed by atoms with Crippen LogP contribution in [-0.4, -0.2) is 35.9 Å². The minimum atomic E-state index is -2.85. The highest BCUT2D eigenvalue weighted by Gasteiger charge is 2.31. The summed E-state index contributed by atoms with van der Waals surface area (Å²) < 4.78 is 22.8. The van der Waals surface area contributed by atoms with Crippen molar-refractivity contribution >= 4 is 19.9 Å². The quantitative estimate of drug-likeness (QED) is 0.587. The van der Waals surface area contributed by atoms with Gasteiger partial charge in [0.15, 0.2) is 0 Å². The molecule has 0 radical (unpaired) electrons. The Kier molecular flexibility index (Phi) is 8.72. The molecule has 2 aromatic rings. The van der Waals surface area contributed by atoms with Gasteiger partial charge in [0.2, 0.25) is 5.85 Å². The second-order valence-corrected chi connectivity index (χ2v) is 8.17. The molecular formula is C20H24NO6P. The lowest BCUT2D eigenvalue weighted by atomic mass is 10.1. The molecule has 150 valence electrons. The number of carboxylic acids is 1. The van der Waals surface area contributed by atoms with Crippen molar-refractivity contribution in [1.82, 2.24) is 5.32 Å². The number of aryl methyl sites for hydroxylation is 1. The molecule has 8 heteroatoms. The highest BCUT2D eigenvalue weighted by molar-refractivity contribution is 7.47. The Balaban J connectivity index is 2.02. The van der Waals surface area contributed by atoms with E-state index in [9.17, 15) is 19.3 Å². The minimum absolute atomic E-state index is 0.0612. The number of nitrogens with one attached hydrogen (secondary N) is 1. The van der Waals surface area contributed by atoms with E-state index >= 15 is 0 Å². The second-order valence-electron chi connectivity index (χ2n) is 6.14. The van der Waals surface area contributed by atoms with Crippen molar-refractivity contribution in [1.29, 1.82) is 0 Å². The van der Waals surface area contributed by atoms with Crippen molar-refractivity contribution in [2.24, 2.45) is 0 Å². The smallest absolute Gasteiger partial charge is 0.408 e. The lowest BCUT2D eigenvalue weighted by molar-refractivity contribution is -0.143. The molecule has 0 aliphatic carbocycles. The molecule has 7 nitrogen and oxygen atoms in total. The van der Waals surface area contributed by atoms with Gasteiger partial charge in [0.25, 0.3) is 0 Å². The largest absolute Gasteiger partial charge is 0.479 e. The molecule has 0 saturated carbocycles.